The van der Waals surface area contributed by atoms with Crippen molar-refractivity contribution in [2.24, 2.45) is 5.92 Å². The summed E-state index contributed by atoms with van der Waals surface area (Å²) in [6, 6.07) is 10.1. The van der Waals surface area contributed by atoms with E-state index in [1.165, 1.54) is 12.8 Å². The Morgan fingerprint density at radius 2 is 2.10 bits per heavy atom. The third-order valence-corrected chi connectivity index (χ3v) is 4.00. The fourth-order valence-electron chi connectivity index (χ4n) is 2.63. The number of aliphatic hydroxyl groups is 1. The van der Waals surface area contributed by atoms with Gasteiger partial charge < -0.3 is 15.2 Å². The van der Waals surface area contributed by atoms with Crippen LogP contribution in [0.2, 0.25) is 0 Å². The van der Waals surface area contributed by atoms with E-state index in [-0.39, 0.29) is 6.10 Å². The number of allylic oxidation sites excluding steroid dienone is 2. The van der Waals surface area contributed by atoms with Crippen molar-refractivity contribution in [2.75, 3.05) is 19.7 Å². The van der Waals surface area contributed by atoms with Crippen molar-refractivity contribution in [3.63, 3.8) is 0 Å². The molecule has 1 aromatic rings. The van der Waals surface area contributed by atoms with E-state index in [0.29, 0.717) is 19.1 Å². The molecule has 3 heteroatoms. The second-order valence-electron chi connectivity index (χ2n) is 5.85. The fourth-order valence-corrected chi connectivity index (χ4v) is 2.63. The summed E-state index contributed by atoms with van der Waals surface area (Å²) >= 11 is 0. The number of hydrogen-bond acceptors (Lipinski definition) is 3. The standard InChI is InChI=1S/C18H27NO2/c1-15(17-10-6-3-7-11-17)21-14-18(20)13-19-12-16-8-4-2-5-9-16/h2-4,6-7,10-11,15-16,18-20H,5,8-9,12-14H2,1H3. The molecule has 0 spiro atoms. The van der Waals surface area contributed by atoms with Gasteiger partial charge >= 0.3 is 0 Å². The van der Waals surface area contributed by atoms with Crippen LogP contribution in [0.1, 0.15) is 37.9 Å². The van der Waals surface area contributed by atoms with Crippen LogP contribution in [0.3, 0.4) is 0 Å². The minimum Gasteiger partial charge on any atom is -0.389 e. The third-order valence-electron chi connectivity index (χ3n) is 4.00. The van der Waals surface area contributed by atoms with Gasteiger partial charge in [-0.2, -0.15) is 0 Å². The van der Waals surface area contributed by atoms with E-state index in [2.05, 4.69) is 17.5 Å². The Balaban J connectivity index is 1.59. The lowest BCUT2D eigenvalue weighted by Gasteiger charge is -2.20. The summed E-state index contributed by atoms with van der Waals surface area (Å²) in [4.78, 5) is 0. The van der Waals surface area contributed by atoms with Crippen LogP contribution in [0.4, 0.5) is 0 Å². The smallest absolute Gasteiger partial charge is 0.0897 e. The average Bonchev–Trinajstić information content (AvgIpc) is 2.54. The molecule has 0 saturated carbocycles. The topological polar surface area (TPSA) is 41.5 Å². The largest absolute Gasteiger partial charge is 0.389 e. The Kier molecular flexibility index (Phi) is 6.93. The van der Waals surface area contributed by atoms with Gasteiger partial charge in [-0.1, -0.05) is 42.5 Å². The number of ether oxygens (including phenoxy) is 1. The monoisotopic (exact) mass is 289 g/mol. The lowest BCUT2D eigenvalue weighted by molar-refractivity contribution is -0.00227. The highest BCUT2D eigenvalue weighted by molar-refractivity contribution is 5.16. The molecular formula is C18H27NO2. The molecule has 0 bridgehead atoms. The first kappa shape index (κ1) is 16.2. The predicted molar refractivity (Wildman–Crippen MR) is 86.2 cm³/mol. The summed E-state index contributed by atoms with van der Waals surface area (Å²) in [7, 11) is 0. The zero-order valence-electron chi connectivity index (χ0n) is 12.9. The Labute approximate surface area is 128 Å². The molecule has 0 aliphatic heterocycles. The molecule has 0 saturated heterocycles. The fraction of sp³-hybridized carbons (Fsp3) is 0.556. The maximum atomic E-state index is 9.97. The van der Waals surface area contributed by atoms with Crippen LogP contribution in [-0.2, 0) is 4.74 Å². The highest BCUT2D eigenvalue weighted by Crippen LogP contribution is 2.17. The van der Waals surface area contributed by atoms with Crippen LogP contribution >= 0.6 is 0 Å². The van der Waals surface area contributed by atoms with E-state index >= 15 is 0 Å². The molecule has 21 heavy (non-hydrogen) atoms. The van der Waals surface area contributed by atoms with Crippen LogP contribution in [0, 0.1) is 5.92 Å². The van der Waals surface area contributed by atoms with Crippen molar-refractivity contribution >= 4 is 0 Å². The molecule has 0 radical (unpaired) electrons. The molecule has 0 amide bonds. The molecular weight excluding hydrogens is 262 g/mol. The average molecular weight is 289 g/mol. The Hall–Kier alpha value is -1.16. The first-order valence-corrected chi connectivity index (χ1v) is 7.96. The summed E-state index contributed by atoms with van der Waals surface area (Å²) in [6.45, 7) is 3.97. The molecule has 0 fully saturated rings. The SMILES string of the molecule is CC(OCC(O)CNCC1CC=CCC1)c1ccccc1. The van der Waals surface area contributed by atoms with E-state index < -0.39 is 6.10 Å². The zero-order chi connectivity index (χ0) is 14.9. The van der Waals surface area contributed by atoms with Gasteiger partial charge in [0.1, 0.15) is 0 Å². The summed E-state index contributed by atoms with van der Waals surface area (Å²) in [5.41, 5.74) is 1.15. The summed E-state index contributed by atoms with van der Waals surface area (Å²) in [5, 5.41) is 13.3. The maximum absolute atomic E-state index is 9.97. The number of nitrogens with one attached hydrogen (secondary N) is 1. The van der Waals surface area contributed by atoms with Crippen molar-refractivity contribution in [3.05, 3.63) is 48.0 Å². The Bertz CT molecular complexity index is 418. The van der Waals surface area contributed by atoms with Gasteiger partial charge in [-0.15, -0.1) is 0 Å². The first-order valence-electron chi connectivity index (χ1n) is 7.96. The molecule has 2 rings (SSSR count). The maximum Gasteiger partial charge on any atom is 0.0897 e. The van der Waals surface area contributed by atoms with Gasteiger partial charge in [0.15, 0.2) is 0 Å². The molecule has 1 aliphatic rings. The zero-order valence-corrected chi connectivity index (χ0v) is 12.9. The quantitative estimate of drug-likeness (QED) is 0.723. The van der Waals surface area contributed by atoms with E-state index in [9.17, 15) is 5.11 Å². The molecule has 1 aromatic carbocycles. The van der Waals surface area contributed by atoms with Gasteiger partial charge in [0, 0.05) is 6.54 Å². The molecule has 3 atom stereocenters. The van der Waals surface area contributed by atoms with Crippen LogP contribution < -0.4 is 5.32 Å². The number of benzene rings is 1. The number of rotatable bonds is 8. The van der Waals surface area contributed by atoms with Gasteiger partial charge in [0.25, 0.3) is 0 Å². The minimum absolute atomic E-state index is 0.0179. The molecule has 0 aromatic heterocycles. The highest BCUT2D eigenvalue weighted by atomic mass is 16.5. The van der Waals surface area contributed by atoms with E-state index in [1.54, 1.807) is 0 Å². The van der Waals surface area contributed by atoms with E-state index in [0.717, 1.165) is 18.5 Å². The van der Waals surface area contributed by atoms with E-state index in [1.807, 2.05) is 37.3 Å². The summed E-state index contributed by atoms with van der Waals surface area (Å²) < 4.78 is 5.73. The lowest BCUT2D eigenvalue weighted by atomic mass is 9.94. The van der Waals surface area contributed by atoms with Crippen LogP contribution in [0.15, 0.2) is 42.5 Å². The van der Waals surface area contributed by atoms with Gasteiger partial charge in [-0.25, -0.2) is 0 Å². The second-order valence-corrected chi connectivity index (χ2v) is 5.85. The van der Waals surface area contributed by atoms with Crippen LogP contribution in [0.5, 0.6) is 0 Å². The number of hydrogen-bond donors (Lipinski definition) is 2. The van der Waals surface area contributed by atoms with Crippen molar-refractivity contribution in [3.8, 4) is 0 Å². The molecule has 0 heterocycles. The van der Waals surface area contributed by atoms with Crippen molar-refractivity contribution in [2.45, 2.75) is 38.4 Å². The summed E-state index contributed by atoms with van der Waals surface area (Å²) in [5.74, 6) is 0.714. The summed E-state index contributed by atoms with van der Waals surface area (Å²) in [6.07, 6.45) is 7.68. The first-order chi connectivity index (χ1) is 10.3. The molecule has 3 unspecified atom stereocenters. The Morgan fingerprint density at radius 3 is 2.81 bits per heavy atom. The minimum atomic E-state index is -0.449. The molecule has 1 aliphatic carbocycles. The lowest BCUT2D eigenvalue weighted by Crippen LogP contribution is -2.34. The second kappa shape index (κ2) is 8.98. The predicted octanol–water partition coefficient (Wildman–Crippen LogP) is 3.07. The van der Waals surface area contributed by atoms with Crippen LogP contribution in [-0.4, -0.2) is 30.9 Å². The Morgan fingerprint density at radius 1 is 1.29 bits per heavy atom. The van der Waals surface area contributed by atoms with E-state index in [4.69, 9.17) is 4.74 Å². The van der Waals surface area contributed by atoms with Gasteiger partial charge in [0.05, 0.1) is 18.8 Å². The van der Waals surface area contributed by atoms with Crippen molar-refractivity contribution in [1.29, 1.82) is 0 Å². The highest BCUT2D eigenvalue weighted by Gasteiger charge is 2.12. The third kappa shape index (κ3) is 6.00. The molecule has 116 valence electrons. The van der Waals surface area contributed by atoms with Crippen molar-refractivity contribution < 1.29 is 9.84 Å². The molecule has 2 N–H and O–H groups in total. The van der Waals surface area contributed by atoms with Gasteiger partial charge in [-0.05, 0) is 44.2 Å². The molecule has 3 nitrogen and oxygen atoms in total. The van der Waals surface area contributed by atoms with Gasteiger partial charge in [-0.3, -0.25) is 0 Å². The normalized spacial score (nSPS) is 21.1. The van der Waals surface area contributed by atoms with Crippen LogP contribution in [0.25, 0.3) is 0 Å². The van der Waals surface area contributed by atoms with Crippen molar-refractivity contribution in [1.82, 2.24) is 5.32 Å². The number of aliphatic hydroxyl groups excluding tert-OH is 1. The van der Waals surface area contributed by atoms with Gasteiger partial charge in [0.2, 0.25) is 0 Å².